The van der Waals surface area contributed by atoms with Gasteiger partial charge in [0, 0.05) is 0 Å². The van der Waals surface area contributed by atoms with Crippen LogP contribution in [0, 0.1) is 17.2 Å². The Morgan fingerprint density at radius 1 is 1.35 bits per heavy atom. The molecule has 17 heavy (non-hydrogen) atoms. The lowest BCUT2D eigenvalue weighted by atomic mass is 9.77. The molecule has 0 bridgehead atoms. The number of nitrogens with two attached hydrogens (primary N) is 1. The molecule has 2 rings (SSSR count). The topological polar surface area (TPSA) is 70.0 Å². The van der Waals surface area contributed by atoms with E-state index in [4.69, 9.17) is 11.0 Å². The molecule has 0 radical (unpaired) electrons. The minimum atomic E-state index is -0.525. The summed E-state index contributed by atoms with van der Waals surface area (Å²) in [5.74, 6) is 0.307. The molecular formula is C13H17ClN2O. The monoisotopic (exact) mass is 252 g/mol. The van der Waals surface area contributed by atoms with E-state index in [0.717, 1.165) is 18.4 Å². The molecule has 0 spiro atoms. The second kappa shape index (κ2) is 6.02. The van der Waals surface area contributed by atoms with E-state index in [9.17, 15) is 5.11 Å². The molecule has 3 nitrogen and oxygen atoms in total. The minimum absolute atomic E-state index is 0. The summed E-state index contributed by atoms with van der Waals surface area (Å²) in [4.78, 5) is 0. The van der Waals surface area contributed by atoms with Crippen molar-refractivity contribution in [2.75, 3.05) is 0 Å². The molecule has 92 valence electrons. The van der Waals surface area contributed by atoms with Gasteiger partial charge in [-0.25, -0.2) is 0 Å². The number of nitriles is 1. The zero-order valence-corrected chi connectivity index (χ0v) is 10.4. The number of benzene rings is 1. The van der Waals surface area contributed by atoms with E-state index in [0.29, 0.717) is 11.5 Å². The number of hydrogen-bond donors (Lipinski definition) is 2. The van der Waals surface area contributed by atoms with Crippen molar-refractivity contribution in [3.05, 3.63) is 35.4 Å². The number of nitrogens with zero attached hydrogens (tertiary/aromatic N) is 1. The van der Waals surface area contributed by atoms with Gasteiger partial charge in [-0.2, -0.15) is 5.26 Å². The summed E-state index contributed by atoms with van der Waals surface area (Å²) < 4.78 is 0. The van der Waals surface area contributed by atoms with Crippen LogP contribution in [0.15, 0.2) is 24.3 Å². The van der Waals surface area contributed by atoms with Crippen molar-refractivity contribution in [3.63, 3.8) is 0 Å². The van der Waals surface area contributed by atoms with Crippen LogP contribution < -0.4 is 5.73 Å². The Bertz CT molecular complexity index is 412. The first-order valence-corrected chi connectivity index (χ1v) is 5.66. The molecule has 1 aliphatic rings. The van der Waals surface area contributed by atoms with E-state index in [1.54, 1.807) is 6.07 Å². The Hall–Kier alpha value is -1.08. The van der Waals surface area contributed by atoms with Crippen LogP contribution in [0.1, 0.15) is 36.4 Å². The zero-order valence-electron chi connectivity index (χ0n) is 9.54. The number of hydrogen-bond acceptors (Lipinski definition) is 3. The first kappa shape index (κ1) is 14.0. The van der Waals surface area contributed by atoms with E-state index in [-0.39, 0.29) is 12.4 Å². The first-order valence-electron chi connectivity index (χ1n) is 5.66. The Morgan fingerprint density at radius 2 is 2.00 bits per heavy atom. The van der Waals surface area contributed by atoms with Crippen LogP contribution in [-0.4, -0.2) is 11.2 Å². The van der Waals surface area contributed by atoms with Gasteiger partial charge in [0.25, 0.3) is 0 Å². The van der Waals surface area contributed by atoms with E-state index in [1.165, 1.54) is 6.42 Å². The highest BCUT2D eigenvalue weighted by Crippen LogP contribution is 2.34. The van der Waals surface area contributed by atoms with Crippen molar-refractivity contribution in [2.24, 2.45) is 11.7 Å². The maximum atomic E-state index is 10.1. The van der Waals surface area contributed by atoms with Crippen LogP contribution in [0.5, 0.6) is 0 Å². The average molecular weight is 253 g/mol. The third kappa shape index (κ3) is 2.78. The molecule has 1 saturated carbocycles. The second-order valence-electron chi connectivity index (χ2n) is 4.41. The zero-order chi connectivity index (χ0) is 11.5. The average Bonchev–Trinajstić information content (AvgIpc) is 2.25. The fraction of sp³-hybridized carbons (Fsp3) is 0.462. The van der Waals surface area contributed by atoms with Crippen LogP contribution >= 0.6 is 12.4 Å². The van der Waals surface area contributed by atoms with Crippen LogP contribution in [0.2, 0.25) is 0 Å². The summed E-state index contributed by atoms with van der Waals surface area (Å²) in [6, 6.07) is 8.90. The van der Waals surface area contributed by atoms with Gasteiger partial charge in [0.15, 0.2) is 0 Å². The molecule has 1 aliphatic carbocycles. The predicted molar refractivity (Wildman–Crippen MR) is 68.7 cm³/mol. The highest BCUT2D eigenvalue weighted by molar-refractivity contribution is 5.85. The Balaban J connectivity index is 0.00000144. The summed E-state index contributed by atoms with van der Waals surface area (Å²) in [5, 5.41) is 19.0. The maximum Gasteiger partial charge on any atom is 0.0995 e. The molecule has 3 N–H and O–H groups in total. The quantitative estimate of drug-likeness (QED) is 0.866. The second-order valence-corrected chi connectivity index (χ2v) is 4.41. The summed E-state index contributed by atoms with van der Waals surface area (Å²) in [6.07, 6.45) is 2.74. The Labute approximate surface area is 108 Å². The Kier molecular flexibility index (Phi) is 4.95. The lowest BCUT2D eigenvalue weighted by molar-refractivity contribution is 0.0413. The fourth-order valence-electron chi connectivity index (χ4n) is 2.15. The molecule has 1 aromatic carbocycles. The maximum absolute atomic E-state index is 10.1. The van der Waals surface area contributed by atoms with Crippen LogP contribution in [0.25, 0.3) is 0 Å². The van der Waals surface area contributed by atoms with Crippen molar-refractivity contribution in [3.8, 4) is 6.07 Å². The molecule has 1 fully saturated rings. The van der Waals surface area contributed by atoms with E-state index < -0.39 is 12.1 Å². The lowest BCUT2D eigenvalue weighted by Gasteiger charge is -2.34. The lowest BCUT2D eigenvalue weighted by Crippen LogP contribution is -2.36. The molecule has 1 aromatic rings. The molecule has 4 heteroatoms. The summed E-state index contributed by atoms with van der Waals surface area (Å²) in [6.45, 7) is 0. The highest BCUT2D eigenvalue weighted by Gasteiger charge is 2.31. The largest absolute Gasteiger partial charge is 0.391 e. The molecule has 0 amide bonds. The first-order chi connectivity index (χ1) is 7.74. The van der Waals surface area contributed by atoms with Crippen LogP contribution in [-0.2, 0) is 0 Å². The van der Waals surface area contributed by atoms with Crippen LogP contribution in [0.4, 0.5) is 0 Å². The number of halogens is 1. The van der Waals surface area contributed by atoms with Crippen molar-refractivity contribution in [1.82, 2.24) is 0 Å². The van der Waals surface area contributed by atoms with Gasteiger partial charge in [-0.15, -0.1) is 12.4 Å². The molecular weight excluding hydrogens is 236 g/mol. The number of aliphatic hydroxyl groups excluding tert-OH is 1. The third-order valence-electron chi connectivity index (χ3n) is 3.44. The fourth-order valence-corrected chi connectivity index (χ4v) is 2.15. The van der Waals surface area contributed by atoms with Gasteiger partial charge in [-0.3, -0.25) is 0 Å². The van der Waals surface area contributed by atoms with Gasteiger partial charge in [-0.05, 0) is 30.4 Å². The number of aliphatic hydroxyl groups is 1. The van der Waals surface area contributed by atoms with Gasteiger partial charge >= 0.3 is 0 Å². The van der Waals surface area contributed by atoms with Crippen LogP contribution in [0.3, 0.4) is 0 Å². The third-order valence-corrected chi connectivity index (χ3v) is 3.44. The minimum Gasteiger partial charge on any atom is -0.391 e. The van der Waals surface area contributed by atoms with E-state index in [2.05, 4.69) is 6.07 Å². The number of rotatable bonds is 3. The van der Waals surface area contributed by atoms with Gasteiger partial charge in [-0.1, -0.05) is 24.6 Å². The standard InChI is InChI=1S/C13H16N2O.ClH/c14-8-10-4-1-2-7-11(10)12(15)13(16)9-5-3-6-9;/h1-2,4,7,9,12-13,16H,3,5-6,15H2;1H/t12-,13+;/m0./s1. The van der Waals surface area contributed by atoms with Crippen molar-refractivity contribution in [2.45, 2.75) is 31.4 Å². The van der Waals surface area contributed by atoms with Crippen molar-refractivity contribution in [1.29, 1.82) is 5.26 Å². The Morgan fingerprint density at radius 3 is 2.53 bits per heavy atom. The van der Waals surface area contributed by atoms with Gasteiger partial charge < -0.3 is 10.8 Å². The van der Waals surface area contributed by atoms with Crippen molar-refractivity contribution >= 4 is 12.4 Å². The molecule has 0 unspecified atom stereocenters. The van der Waals surface area contributed by atoms with Gasteiger partial charge in [0.2, 0.25) is 0 Å². The normalized spacial score (nSPS) is 18.4. The molecule has 0 aromatic heterocycles. The van der Waals surface area contributed by atoms with E-state index >= 15 is 0 Å². The smallest absolute Gasteiger partial charge is 0.0995 e. The van der Waals surface area contributed by atoms with Crippen molar-refractivity contribution < 1.29 is 5.11 Å². The molecule has 0 heterocycles. The molecule has 0 aliphatic heterocycles. The molecule has 2 atom stereocenters. The highest BCUT2D eigenvalue weighted by atomic mass is 35.5. The summed E-state index contributed by atoms with van der Waals surface area (Å²) in [5.41, 5.74) is 7.34. The van der Waals surface area contributed by atoms with Gasteiger partial charge in [0.05, 0.1) is 23.8 Å². The summed E-state index contributed by atoms with van der Waals surface area (Å²) >= 11 is 0. The van der Waals surface area contributed by atoms with Gasteiger partial charge in [0.1, 0.15) is 0 Å². The predicted octanol–water partition coefficient (Wildman–Crippen LogP) is 2.14. The summed E-state index contributed by atoms with van der Waals surface area (Å²) in [7, 11) is 0. The van der Waals surface area contributed by atoms with E-state index in [1.807, 2.05) is 18.2 Å². The SMILES string of the molecule is Cl.N#Cc1ccccc1[C@H](N)[C@H](O)C1CCC1. The molecule has 0 saturated heterocycles.